The number of Topliss-reactive ketones (excluding diaryl/α,β-unsaturated/α-hetero) is 1. The molecule has 0 bridgehead atoms. The third-order valence-electron chi connectivity index (χ3n) is 1.94. The second-order valence-electron chi connectivity index (χ2n) is 3.05. The summed E-state index contributed by atoms with van der Waals surface area (Å²) in [5, 5.41) is 0.344. The molecule has 1 aromatic heterocycles. The fourth-order valence-electron chi connectivity index (χ4n) is 1.40. The Labute approximate surface area is 92.0 Å². The van der Waals surface area contributed by atoms with Gasteiger partial charge in [-0.25, -0.2) is 4.79 Å². The van der Waals surface area contributed by atoms with E-state index in [1.807, 2.05) is 0 Å². The molecule has 1 rings (SSSR count). The summed E-state index contributed by atoms with van der Waals surface area (Å²) in [4.78, 5) is 23.7. The van der Waals surface area contributed by atoms with E-state index < -0.39 is 5.97 Å². The van der Waals surface area contributed by atoms with Crippen LogP contribution in [0.5, 0.6) is 0 Å². The van der Waals surface area contributed by atoms with Crippen molar-refractivity contribution in [2.45, 2.75) is 20.8 Å². The molecule has 0 aliphatic rings. The normalized spacial score (nSPS) is 10.1. The van der Waals surface area contributed by atoms with E-state index in [9.17, 15) is 9.59 Å². The Morgan fingerprint density at radius 2 is 2.00 bits per heavy atom. The van der Waals surface area contributed by atoms with Crippen molar-refractivity contribution in [1.29, 1.82) is 0 Å². The molecule has 0 unspecified atom stereocenters. The minimum atomic E-state index is -0.524. The van der Waals surface area contributed by atoms with Crippen LogP contribution in [-0.4, -0.2) is 18.4 Å². The maximum absolute atomic E-state index is 11.6. The van der Waals surface area contributed by atoms with Gasteiger partial charge in [-0.1, -0.05) is 0 Å². The lowest BCUT2D eigenvalue weighted by molar-refractivity contribution is 0.0525. The number of ketones is 1. The summed E-state index contributed by atoms with van der Waals surface area (Å²) in [6.45, 7) is 5.16. The average molecular weight is 227 g/mol. The summed E-state index contributed by atoms with van der Waals surface area (Å²) in [6.07, 6.45) is 0. The van der Waals surface area contributed by atoms with Crippen LogP contribution >= 0.6 is 11.3 Å². The van der Waals surface area contributed by atoms with E-state index in [0.29, 0.717) is 10.6 Å². The van der Waals surface area contributed by atoms with Crippen LogP contribution in [0, 0.1) is 6.92 Å². The van der Waals surface area contributed by atoms with Gasteiger partial charge in [-0.15, -0.1) is 11.3 Å². The molecule has 82 valence electrons. The molecule has 0 saturated carbocycles. The van der Waals surface area contributed by atoms with Crippen LogP contribution in [-0.2, 0) is 4.74 Å². The number of ether oxygens (including phenoxy) is 1. The number of hydrogen-bond acceptors (Lipinski definition) is 5. The Hall–Kier alpha value is -1.36. The van der Waals surface area contributed by atoms with E-state index >= 15 is 0 Å². The molecule has 5 heteroatoms. The maximum atomic E-state index is 11.6. The number of thiophene rings is 1. The summed E-state index contributed by atoms with van der Waals surface area (Å²) >= 11 is 1.23. The van der Waals surface area contributed by atoms with Gasteiger partial charge >= 0.3 is 5.97 Å². The topological polar surface area (TPSA) is 69.4 Å². The Bertz CT molecular complexity index is 409. The van der Waals surface area contributed by atoms with Crippen molar-refractivity contribution >= 4 is 28.1 Å². The molecule has 1 aromatic rings. The van der Waals surface area contributed by atoms with Gasteiger partial charge in [0.05, 0.1) is 6.61 Å². The van der Waals surface area contributed by atoms with Gasteiger partial charge in [0.15, 0.2) is 5.78 Å². The summed E-state index contributed by atoms with van der Waals surface area (Å²) in [6, 6.07) is 0. The molecule has 2 N–H and O–H groups in total. The second-order valence-corrected chi connectivity index (χ2v) is 4.31. The number of carbonyl (C=O) groups is 2. The molecule has 0 fully saturated rings. The molecule has 0 amide bonds. The first-order valence-corrected chi connectivity index (χ1v) is 5.37. The zero-order valence-electron chi connectivity index (χ0n) is 8.92. The van der Waals surface area contributed by atoms with Gasteiger partial charge in [0, 0.05) is 10.4 Å². The zero-order valence-corrected chi connectivity index (χ0v) is 9.73. The minimum absolute atomic E-state index is 0.163. The summed E-state index contributed by atoms with van der Waals surface area (Å²) < 4.78 is 4.85. The second kappa shape index (κ2) is 4.44. The lowest BCUT2D eigenvalue weighted by Gasteiger charge is -2.03. The van der Waals surface area contributed by atoms with E-state index in [4.69, 9.17) is 10.5 Å². The molecule has 0 aliphatic heterocycles. The van der Waals surface area contributed by atoms with Crippen LogP contribution < -0.4 is 5.73 Å². The Balaban J connectivity index is 3.26. The first kappa shape index (κ1) is 11.7. The number of nitrogen functional groups attached to an aromatic ring is 1. The highest BCUT2D eigenvalue weighted by molar-refractivity contribution is 7.16. The van der Waals surface area contributed by atoms with E-state index in [0.717, 1.165) is 4.88 Å². The fraction of sp³-hybridized carbons (Fsp3) is 0.400. The van der Waals surface area contributed by atoms with Crippen LogP contribution in [0.2, 0.25) is 0 Å². The molecular weight excluding hydrogens is 214 g/mol. The number of esters is 1. The van der Waals surface area contributed by atoms with Crippen LogP contribution in [0.1, 0.15) is 39.4 Å². The number of rotatable bonds is 3. The lowest BCUT2D eigenvalue weighted by atomic mass is 10.1. The highest BCUT2D eigenvalue weighted by atomic mass is 32.1. The molecule has 4 nitrogen and oxygen atoms in total. The largest absolute Gasteiger partial charge is 0.462 e. The molecule has 0 saturated heterocycles. The van der Waals surface area contributed by atoms with Crippen molar-refractivity contribution in [3.8, 4) is 0 Å². The first-order valence-electron chi connectivity index (χ1n) is 4.56. The Morgan fingerprint density at radius 3 is 2.47 bits per heavy atom. The molecule has 15 heavy (non-hydrogen) atoms. The summed E-state index contributed by atoms with van der Waals surface area (Å²) in [5.74, 6) is -0.687. The molecule has 0 aliphatic carbocycles. The highest BCUT2D eigenvalue weighted by Crippen LogP contribution is 2.31. The third kappa shape index (κ3) is 2.18. The molecule has 1 heterocycles. The average Bonchev–Trinajstić information content (AvgIpc) is 2.41. The molecular formula is C10H13NO3S. The number of nitrogens with two attached hydrogens (primary N) is 1. The van der Waals surface area contributed by atoms with E-state index in [1.54, 1.807) is 13.8 Å². The monoisotopic (exact) mass is 227 g/mol. The van der Waals surface area contributed by atoms with Gasteiger partial charge in [-0.3, -0.25) is 4.79 Å². The van der Waals surface area contributed by atoms with Crippen molar-refractivity contribution in [1.82, 2.24) is 0 Å². The quantitative estimate of drug-likeness (QED) is 0.633. The van der Waals surface area contributed by atoms with Crippen LogP contribution in [0.25, 0.3) is 0 Å². The van der Waals surface area contributed by atoms with Crippen molar-refractivity contribution < 1.29 is 14.3 Å². The predicted octanol–water partition coefficient (Wildman–Crippen LogP) is 2.02. The Morgan fingerprint density at radius 1 is 1.40 bits per heavy atom. The van der Waals surface area contributed by atoms with E-state index in [2.05, 4.69) is 0 Å². The van der Waals surface area contributed by atoms with Gasteiger partial charge in [0.25, 0.3) is 0 Å². The third-order valence-corrected chi connectivity index (χ3v) is 2.88. The zero-order chi connectivity index (χ0) is 11.6. The standard InChI is InChI=1S/C10H13NO3S/c1-4-14-10(13)8-7(5(2)12)6(3)15-9(8)11/h4,11H2,1-3H3. The van der Waals surface area contributed by atoms with Gasteiger partial charge in [-0.05, 0) is 20.8 Å². The lowest BCUT2D eigenvalue weighted by Crippen LogP contribution is -2.10. The number of carbonyl (C=O) groups excluding carboxylic acids is 2. The molecule has 0 atom stereocenters. The van der Waals surface area contributed by atoms with Gasteiger partial charge in [-0.2, -0.15) is 0 Å². The van der Waals surface area contributed by atoms with Crippen molar-refractivity contribution in [2.75, 3.05) is 12.3 Å². The van der Waals surface area contributed by atoms with E-state index in [1.165, 1.54) is 18.3 Å². The van der Waals surface area contributed by atoms with Crippen molar-refractivity contribution in [2.24, 2.45) is 0 Å². The number of hydrogen-bond donors (Lipinski definition) is 1. The van der Waals surface area contributed by atoms with Crippen LogP contribution in [0.4, 0.5) is 5.00 Å². The maximum Gasteiger partial charge on any atom is 0.341 e. The summed E-state index contributed by atoms with van der Waals surface area (Å²) in [7, 11) is 0. The highest BCUT2D eigenvalue weighted by Gasteiger charge is 2.23. The van der Waals surface area contributed by atoms with Crippen molar-refractivity contribution in [3.05, 3.63) is 16.0 Å². The SMILES string of the molecule is CCOC(=O)c1c(N)sc(C)c1C(C)=O. The predicted molar refractivity (Wildman–Crippen MR) is 59.4 cm³/mol. The van der Waals surface area contributed by atoms with Gasteiger partial charge in [0.1, 0.15) is 10.6 Å². The fourth-order valence-corrected chi connectivity index (χ4v) is 2.36. The molecule has 0 aromatic carbocycles. The molecule has 0 spiro atoms. The van der Waals surface area contributed by atoms with Crippen LogP contribution in [0.3, 0.4) is 0 Å². The Kier molecular flexibility index (Phi) is 3.47. The summed E-state index contributed by atoms with van der Waals surface area (Å²) in [5.41, 5.74) is 6.28. The van der Waals surface area contributed by atoms with Crippen molar-refractivity contribution in [3.63, 3.8) is 0 Å². The minimum Gasteiger partial charge on any atom is -0.462 e. The number of anilines is 1. The van der Waals surface area contributed by atoms with Gasteiger partial charge < -0.3 is 10.5 Å². The van der Waals surface area contributed by atoms with Gasteiger partial charge in [0.2, 0.25) is 0 Å². The van der Waals surface area contributed by atoms with E-state index in [-0.39, 0.29) is 18.0 Å². The first-order chi connectivity index (χ1) is 6.99. The van der Waals surface area contributed by atoms with Crippen LogP contribution in [0.15, 0.2) is 0 Å². The smallest absolute Gasteiger partial charge is 0.341 e. The molecule has 0 radical (unpaired) electrons. The number of aryl methyl sites for hydroxylation is 1.